The number of rotatable bonds is 6. The number of nitrogen functional groups attached to an aromatic ring is 1. The minimum Gasteiger partial charge on any atom is -0.431 e. The van der Waals surface area contributed by atoms with E-state index in [1.807, 2.05) is 30.3 Å². The Morgan fingerprint density at radius 1 is 1.24 bits per heavy atom. The maximum Gasteiger partial charge on any atom is 0.508 e. The summed E-state index contributed by atoms with van der Waals surface area (Å²) in [7, 11) is 1.46. The first-order valence-electron chi connectivity index (χ1n) is 10.5. The van der Waals surface area contributed by atoms with Crippen molar-refractivity contribution in [2.24, 2.45) is 0 Å². The van der Waals surface area contributed by atoms with Crippen LogP contribution in [0.25, 0.3) is 11.2 Å². The van der Waals surface area contributed by atoms with Gasteiger partial charge in [-0.05, 0) is 12.5 Å². The van der Waals surface area contributed by atoms with Crippen molar-refractivity contribution in [2.45, 2.75) is 43.7 Å². The van der Waals surface area contributed by atoms with E-state index >= 15 is 0 Å². The highest BCUT2D eigenvalue weighted by atomic mass is 16.7. The summed E-state index contributed by atoms with van der Waals surface area (Å²) in [5.74, 6) is -0.162. The van der Waals surface area contributed by atoms with Crippen LogP contribution in [0.4, 0.5) is 10.7 Å². The number of anilines is 1. The second kappa shape index (κ2) is 8.27. The Hall–Kier alpha value is -3.68. The van der Waals surface area contributed by atoms with Crippen LogP contribution in [0.5, 0.6) is 0 Å². The predicted octanol–water partition coefficient (Wildman–Crippen LogP) is 0.418. The maximum atomic E-state index is 12.7. The SMILES string of the molecule is COC1C2O[C@@H](C)[C@]1(COC(=O)OCc1ccccc1)O[C@H]2n1c(=O)[nH]c2c(=O)[nH]c(N)nc21. The highest BCUT2D eigenvalue weighted by Crippen LogP contribution is 2.50. The number of benzene rings is 1. The number of methoxy groups -OCH3 is 1. The number of ether oxygens (including phenoxy) is 5. The van der Waals surface area contributed by atoms with Crippen molar-refractivity contribution < 1.29 is 28.5 Å². The molecule has 0 amide bonds. The molecule has 0 saturated carbocycles. The molecule has 1 aromatic carbocycles. The number of nitrogens with two attached hydrogens (primary N) is 1. The van der Waals surface area contributed by atoms with E-state index in [1.165, 1.54) is 7.11 Å². The zero-order valence-corrected chi connectivity index (χ0v) is 18.3. The van der Waals surface area contributed by atoms with Crippen LogP contribution in [0, 0.1) is 0 Å². The average Bonchev–Trinajstić information content (AvgIpc) is 3.40. The van der Waals surface area contributed by atoms with Gasteiger partial charge in [-0.15, -0.1) is 0 Å². The van der Waals surface area contributed by atoms with Gasteiger partial charge in [0.05, 0.1) is 6.10 Å². The van der Waals surface area contributed by atoms with Crippen LogP contribution in [-0.4, -0.2) is 63.3 Å². The van der Waals surface area contributed by atoms with Gasteiger partial charge in [-0.3, -0.25) is 14.8 Å². The summed E-state index contributed by atoms with van der Waals surface area (Å²) in [4.78, 5) is 46.0. The molecule has 0 aliphatic carbocycles. The third-order valence-electron chi connectivity index (χ3n) is 6.17. The van der Waals surface area contributed by atoms with Gasteiger partial charge in [0.25, 0.3) is 5.56 Å². The van der Waals surface area contributed by atoms with Crippen molar-refractivity contribution in [1.82, 2.24) is 19.5 Å². The zero-order valence-electron chi connectivity index (χ0n) is 18.3. The first-order valence-corrected chi connectivity index (χ1v) is 10.5. The van der Waals surface area contributed by atoms with Crippen molar-refractivity contribution in [2.75, 3.05) is 19.5 Å². The van der Waals surface area contributed by atoms with Gasteiger partial charge in [-0.2, -0.15) is 4.98 Å². The number of imidazole rings is 1. The second-order valence-corrected chi connectivity index (χ2v) is 8.13. The molecular formula is C21H23N5O8. The number of fused-ring (bicyclic) bond motifs is 3. The van der Waals surface area contributed by atoms with Crippen molar-refractivity contribution >= 4 is 23.3 Å². The van der Waals surface area contributed by atoms with Crippen molar-refractivity contribution in [3.63, 3.8) is 0 Å². The lowest BCUT2D eigenvalue weighted by molar-refractivity contribution is -0.219. The minimum absolute atomic E-state index is 0.00763. The molecule has 2 aliphatic rings. The Morgan fingerprint density at radius 2 is 2.00 bits per heavy atom. The Kier molecular flexibility index (Phi) is 5.38. The third kappa shape index (κ3) is 3.45. The van der Waals surface area contributed by atoms with E-state index in [0.29, 0.717) is 0 Å². The molecule has 0 radical (unpaired) electrons. The monoisotopic (exact) mass is 473 g/mol. The summed E-state index contributed by atoms with van der Waals surface area (Å²) in [5, 5.41) is 0. The van der Waals surface area contributed by atoms with E-state index in [-0.39, 0.29) is 30.3 Å². The highest BCUT2D eigenvalue weighted by molar-refractivity contribution is 5.70. The number of carbonyl (C=O) groups excluding carboxylic acids is 1. The van der Waals surface area contributed by atoms with Gasteiger partial charge in [0.1, 0.15) is 25.4 Å². The van der Waals surface area contributed by atoms with E-state index in [0.717, 1.165) is 10.1 Å². The fraction of sp³-hybridized carbons (Fsp3) is 0.429. The number of nitrogens with one attached hydrogen (secondary N) is 2. The molecule has 2 bridgehead atoms. The van der Waals surface area contributed by atoms with Crippen LogP contribution in [0.2, 0.25) is 0 Å². The van der Waals surface area contributed by atoms with Gasteiger partial charge >= 0.3 is 11.8 Å². The number of H-pyrrole nitrogens is 2. The fourth-order valence-corrected chi connectivity index (χ4v) is 4.56. The number of hydrogen-bond donors (Lipinski definition) is 3. The van der Waals surface area contributed by atoms with Crippen LogP contribution in [0.3, 0.4) is 0 Å². The van der Waals surface area contributed by atoms with Gasteiger partial charge in [-0.25, -0.2) is 14.2 Å². The number of carbonyl (C=O) groups is 1. The van der Waals surface area contributed by atoms with Crippen LogP contribution >= 0.6 is 0 Å². The Bertz CT molecular complexity index is 1330. The molecule has 2 aliphatic heterocycles. The number of nitrogens with zero attached hydrogens (tertiary/aromatic N) is 2. The molecule has 4 N–H and O–H groups in total. The van der Waals surface area contributed by atoms with Crippen LogP contribution < -0.4 is 17.0 Å². The summed E-state index contributed by atoms with van der Waals surface area (Å²) < 4.78 is 29.6. The number of aromatic nitrogens is 4. The molecule has 0 spiro atoms. The molecule has 5 rings (SSSR count). The molecule has 2 saturated heterocycles. The molecule has 13 heteroatoms. The second-order valence-electron chi connectivity index (χ2n) is 8.13. The molecule has 2 aromatic heterocycles. The van der Waals surface area contributed by atoms with Crippen LogP contribution in [0.15, 0.2) is 39.9 Å². The Labute approximate surface area is 191 Å². The molecular weight excluding hydrogens is 450 g/mol. The first kappa shape index (κ1) is 22.1. The molecule has 5 atom stereocenters. The Balaban J connectivity index is 1.39. The van der Waals surface area contributed by atoms with E-state index in [1.54, 1.807) is 6.92 Å². The third-order valence-corrected chi connectivity index (χ3v) is 6.17. The maximum absolute atomic E-state index is 12.7. The lowest BCUT2D eigenvalue weighted by Crippen LogP contribution is -2.51. The largest absolute Gasteiger partial charge is 0.508 e. The zero-order chi connectivity index (χ0) is 24.0. The van der Waals surface area contributed by atoms with E-state index in [4.69, 9.17) is 29.4 Å². The van der Waals surface area contributed by atoms with Gasteiger partial charge < -0.3 is 29.4 Å². The lowest BCUT2D eigenvalue weighted by Gasteiger charge is -2.35. The van der Waals surface area contributed by atoms with E-state index < -0.39 is 47.5 Å². The minimum atomic E-state index is -1.23. The highest BCUT2D eigenvalue weighted by Gasteiger charge is 2.67. The number of aromatic amines is 2. The molecule has 13 nitrogen and oxygen atoms in total. The summed E-state index contributed by atoms with van der Waals surface area (Å²) in [6, 6.07) is 9.16. The fourth-order valence-electron chi connectivity index (χ4n) is 4.56. The van der Waals surface area contributed by atoms with Gasteiger partial charge in [0, 0.05) is 7.11 Å². The predicted molar refractivity (Wildman–Crippen MR) is 116 cm³/mol. The van der Waals surface area contributed by atoms with E-state index in [2.05, 4.69) is 15.0 Å². The summed E-state index contributed by atoms with van der Waals surface area (Å²) in [6.07, 6.45) is -3.88. The molecule has 2 fully saturated rings. The smallest absolute Gasteiger partial charge is 0.431 e. The lowest BCUT2D eigenvalue weighted by atomic mass is 9.94. The quantitative estimate of drug-likeness (QED) is 0.426. The summed E-state index contributed by atoms with van der Waals surface area (Å²) >= 11 is 0. The van der Waals surface area contributed by atoms with E-state index in [9.17, 15) is 14.4 Å². The van der Waals surface area contributed by atoms with Crippen LogP contribution in [-0.2, 0) is 30.3 Å². The first-order chi connectivity index (χ1) is 16.3. The van der Waals surface area contributed by atoms with Crippen molar-refractivity contribution in [3.8, 4) is 0 Å². The van der Waals surface area contributed by atoms with Gasteiger partial charge in [-0.1, -0.05) is 30.3 Å². The normalized spacial score (nSPS) is 27.8. The Morgan fingerprint density at radius 3 is 2.74 bits per heavy atom. The van der Waals surface area contributed by atoms with Crippen molar-refractivity contribution in [1.29, 1.82) is 0 Å². The summed E-state index contributed by atoms with van der Waals surface area (Å²) in [5.41, 5.74) is 3.96. The topological polar surface area (TPSA) is 173 Å². The molecule has 180 valence electrons. The van der Waals surface area contributed by atoms with Crippen LogP contribution in [0.1, 0.15) is 18.7 Å². The molecule has 3 aromatic rings. The molecule has 4 heterocycles. The van der Waals surface area contributed by atoms with Gasteiger partial charge in [0.2, 0.25) is 5.95 Å². The number of hydrogen-bond acceptors (Lipinski definition) is 10. The standard InChI is InChI=1S/C21H23N5O8/c1-10-21(9-32-20(29)31-8-11-6-4-3-5-7-11)14(30-2)13(33-10)17(34-21)26-15-12(23-19(26)28)16(27)25-18(22)24-15/h3-7,10,13-14,17H,8-9H2,1-2H3,(H,23,28)(H3,22,24,25,27)/t10-,13?,14?,17+,21-/m0/s1. The summed E-state index contributed by atoms with van der Waals surface area (Å²) in [6.45, 7) is 1.55. The molecule has 2 unspecified atom stereocenters. The average molecular weight is 473 g/mol. The van der Waals surface area contributed by atoms with Gasteiger partial charge in [0.15, 0.2) is 23.0 Å². The van der Waals surface area contributed by atoms with Crippen molar-refractivity contribution in [3.05, 3.63) is 56.7 Å². The molecule has 34 heavy (non-hydrogen) atoms.